The monoisotopic (exact) mass is 339 g/mol. The maximum absolute atomic E-state index is 12.9. The van der Waals surface area contributed by atoms with Crippen molar-refractivity contribution in [3.05, 3.63) is 29.3 Å². The topological polar surface area (TPSA) is 63.2 Å². The third kappa shape index (κ3) is 4.80. The highest BCUT2D eigenvalue weighted by Gasteiger charge is 2.33. The molecule has 0 saturated heterocycles. The van der Waals surface area contributed by atoms with Gasteiger partial charge < -0.3 is 5.32 Å². The van der Waals surface area contributed by atoms with Gasteiger partial charge >= 0.3 is 0 Å². The number of hydrogen-bond donors (Lipinski definition) is 1. The fourth-order valence-corrected chi connectivity index (χ4v) is 3.71. The minimum absolute atomic E-state index is 0.158. The van der Waals surface area contributed by atoms with E-state index in [1.165, 1.54) is 6.92 Å². The van der Waals surface area contributed by atoms with Crippen molar-refractivity contribution in [2.75, 3.05) is 0 Å². The van der Waals surface area contributed by atoms with Gasteiger partial charge in [0, 0.05) is 5.54 Å². The van der Waals surface area contributed by atoms with Crippen LogP contribution in [0.4, 0.5) is 0 Å². The smallest absolute Gasteiger partial charge is 0.238 e. The standard InChI is InChI=1S/C18H29NO3S/c1-12-9-10-14(17(3,4)5)11-15(12)23(21,22)13(2)16(20)19-18(6,7)8/h9-11,13H,1-8H3,(H,19,20). The molecule has 1 rings (SSSR count). The second-order valence-corrected chi connectivity index (χ2v) is 10.4. The molecule has 1 amide bonds. The van der Waals surface area contributed by atoms with Gasteiger partial charge in [0.15, 0.2) is 9.84 Å². The number of rotatable bonds is 3. The average molecular weight is 340 g/mol. The molecule has 0 bridgehead atoms. The first-order chi connectivity index (χ1) is 10.2. The molecule has 0 radical (unpaired) electrons. The Morgan fingerprint density at radius 1 is 1.09 bits per heavy atom. The molecule has 1 aromatic rings. The number of nitrogens with one attached hydrogen (secondary N) is 1. The molecule has 1 N–H and O–H groups in total. The van der Waals surface area contributed by atoms with Crippen LogP contribution in [0.25, 0.3) is 0 Å². The number of amides is 1. The maximum Gasteiger partial charge on any atom is 0.238 e. The van der Waals surface area contributed by atoms with Crippen LogP contribution in [0.3, 0.4) is 0 Å². The molecule has 0 spiro atoms. The van der Waals surface area contributed by atoms with E-state index < -0.39 is 26.5 Å². The molecule has 0 heterocycles. The SMILES string of the molecule is Cc1ccc(C(C)(C)C)cc1S(=O)(=O)C(C)C(=O)NC(C)(C)C. The van der Waals surface area contributed by atoms with Crippen LogP contribution >= 0.6 is 0 Å². The molecule has 130 valence electrons. The summed E-state index contributed by atoms with van der Waals surface area (Å²) in [5.74, 6) is -0.474. The van der Waals surface area contributed by atoms with E-state index >= 15 is 0 Å². The lowest BCUT2D eigenvalue weighted by molar-refractivity contribution is -0.121. The highest BCUT2D eigenvalue weighted by atomic mass is 32.2. The van der Waals surface area contributed by atoms with Crippen LogP contribution in [0.5, 0.6) is 0 Å². The molecule has 1 unspecified atom stereocenters. The van der Waals surface area contributed by atoms with E-state index in [0.29, 0.717) is 5.56 Å². The fourth-order valence-electron chi connectivity index (χ4n) is 2.18. The van der Waals surface area contributed by atoms with Gasteiger partial charge in [-0.3, -0.25) is 4.79 Å². The molecule has 0 aliphatic rings. The highest BCUT2D eigenvalue weighted by molar-refractivity contribution is 7.92. The Labute approximate surface area is 140 Å². The lowest BCUT2D eigenvalue weighted by atomic mass is 9.87. The van der Waals surface area contributed by atoms with Crippen LogP contribution in [-0.2, 0) is 20.0 Å². The normalized spacial score (nSPS) is 14.4. The Bertz CT molecular complexity index is 692. The number of hydrogen-bond acceptors (Lipinski definition) is 3. The molecule has 23 heavy (non-hydrogen) atoms. The van der Waals surface area contributed by atoms with E-state index in [9.17, 15) is 13.2 Å². The molecule has 0 aromatic heterocycles. The molecule has 1 aromatic carbocycles. The van der Waals surface area contributed by atoms with Gasteiger partial charge in [0.2, 0.25) is 5.91 Å². The Morgan fingerprint density at radius 2 is 1.61 bits per heavy atom. The minimum Gasteiger partial charge on any atom is -0.350 e. The van der Waals surface area contributed by atoms with Crippen molar-refractivity contribution in [1.29, 1.82) is 0 Å². The van der Waals surface area contributed by atoms with Crippen LogP contribution in [-0.4, -0.2) is 25.1 Å². The van der Waals surface area contributed by atoms with Crippen molar-refractivity contribution in [1.82, 2.24) is 5.32 Å². The maximum atomic E-state index is 12.9. The Hall–Kier alpha value is -1.36. The van der Waals surface area contributed by atoms with Crippen LogP contribution in [0, 0.1) is 6.92 Å². The first kappa shape index (κ1) is 19.7. The van der Waals surface area contributed by atoms with Crippen LogP contribution in [0.1, 0.15) is 59.6 Å². The van der Waals surface area contributed by atoms with E-state index in [0.717, 1.165) is 5.56 Å². The van der Waals surface area contributed by atoms with E-state index in [1.807, 2.05) is 53.7 Å². The summed E-state index contributed by atoms with van der Waals surface area (Å²) in [4.78, 5) is 12.5. The first-order valence-electron chi connectivity index (χ1n) is 7.83. The molecular formula is C18H29NO3S. The van der Waals surface area contributed by atoms with Gasteiger partial charge in [-0.25, -0.2) is 8.42 Å². The minimum atomic E-state index is -3.74. The van der Waals surface area contributed by atoms with Gasteiger partial charge in [0.1, 0.15) is 5.25 Å². The molecule has 1 atom stereocenters. The summed E-state index contributed by atoms with van der Waals surface area (Å²) < 4.78 is 25.8. The zero-order valence-electron chi connectivity index (χ0n) is 15.4. The third-order valence-corrected chi connectivity index (χ3v) is 5.89. The molecule has 0 fully saturated rings. The summed E-state index contributed by atoms with van der Waals surface area (Å²) in [6.07, 6.45) is 0. The van der Waals surface area contributed by atoms with Crippen LogP contribution < -0.4 is 5.32 Å². The van der Waals surface area contributed by atoms with Gasteiger partial charge in [-0.2, -0.15) is 0 Å². The highest BCUT2D eigenvalue weighted by Crippen LogP contribution is 2.28. The molecule has 0 aliphatic carbocycles. The van der Waals surface area contributed by atoms with Gasteiger partial charge in [-0.05, 0) is 57.2 Å². The molecule has 0 aliphatic heterocycles. The van der Waals surface area contributed by atoms with Gasteiger partial charge in [-0.15, -0.1) is 0 Å². The average Bonchev–Trinajstić information content (AvgIpc) is 2.34. The van der Waals surface area contributed by atoms with Crippen molar-refractivity contribution in [3.63, 3.8) is 0 Å². The largest absolute Gasteiger partial charge is 0.350 e. The zero-order valence-corrected chi connectivity index (χ0v) is 16.3. The zero-order chi connectivity index (χ0) is 18.2. The number of sulfone groups is 1. The summed E-state index contributed by atoms with van der Waals surface area (Å²) in [6, 6.07) is 5.45. The van der Waals surface area contributed by atoms with E-state index in [-0.39, 0.29) is 10.3 Å². The van der Waals surface area contributed by atoms with Gasteiger partial charge in [0.05, 0.1) is 4.90 Å². The number of carbonyl (C=O) groups excluding carboxylic acids is 1. The number of aryl methyl sites for hydroxylation is 1. The lowest BCUT2D eigenvalue weighted by Gasteiger charge is -2.24. The van der Waals surface area contributed by atoms with Crippen molar-refractivity contribution >= 4 is 15.7 Å². The fraction of sp³-hybridized carbons (Fsp3) is 0.611. The number of carbonyl (C=O) groups is 1. The Balaban J connectivity index is 3.31. The molecule has 5 heteroatoms. The third-order valence-electron chi connectivity index (χ3n) is 3.69. The Kier molecular flexibility index (Phi) is 5.36. The van der Waals surface area contributed by atoms with Crippen molar-refractivity contribution in [2.24, 2.45) is 0 Å². The summed E-state index contributed by atoms with van der Waals surface area (Å²) in [5.41, 5.74) is 0.969. The predicted molar refractivity (Wildman–Crippen MR) is 94.4 cm³/mol. The van der Waals surface area contributed by atoms with Crippen molar-refractivity contribution < 1.29 is 13.2 Å². The molecule has 0 saturated carbocycles. The quantitative estimate of drug-likeness (QED) is 0.918. The van der Waals surface area contributed by atoms with Crippen LogP contribution in [0.2, 0.25) is 0 Å². The first-order valence-corrected chi connectivity index (χ1v) is 9.38. The summed E-state index contributed by atoms with van der Waals surface area (Å²) in [6.45, 7) is 14.8. The van der Waals surface area contributed by atoms with Crippen LogP contribution in [0.15, 0.2) is 23.1 Å². The lowest BCUT2D eigenvalue weighted by Crippen LogP contribution is -2.47. The second kappa shape index (κ2) is 6.27. The Morgan fingerprint density at radius 3 is 2.04 bits per heavy atom. The summed E-state index contributed by atoms with van der Waals surface area (Å²) in [5, 5.41) is 1.61. The van der Waals surface area contributed by atoms with E-state index in [4.69, 9.17) is 0 Å². The second-order valence-electron chi connectivity index (χ2n) is 8.16. The molecular weight excluding hydrogens is 310 g/mol. The summed E-state index contributed by atoms with van der Waals surface area (Å²) >= 11 is 0. The summed E-state index contributed by atoms with van der Waals surface area (Å²) in [7, 11) is -3.74. The number of benzene rings is 1. The molecule has 4 nitrogen and oxygen atoms in total. The predicted octanol–water partition coefficient (Wildman–Crippen LogP) is 3.37. The van der Waals surface area contributed by atoms with E-state index in [2.05, 4.69) is 5.32 Å². The van der Waals surface area contributed by atoms with Gasteiger partial charge in [-0.1, -0.05) is 32.9 Å². The van der Waals surface area contributed by atoms with Crippen molar-refractivity contribution in [2.45, 2.75) is 76.5 Å². The van der Waals surface area contributed by atoms with Crippen molar-refractivity contribution in [3.8, 4) is 0 Å². The van der Waals surface area contributed by atoms with E-state index in [1.54, 1.807) is 13.0 Å². The van der Waals surface area contributed by atoms with Gasteiger partial charge in [0.25, 0.3) is 0 Å².